The lowest BCUT2D eigenvalue weighted by atomic mass is 10.1. The van der Waals surface area contributed by atoms with E-state index in [1.807, 2.05) is 35.2 Å². The Hall–Kier alpha value is -2.40. The molecule has 1 amide bonds. The van der Waals surface area contributed by atoms with Crippen LogP contribution in [0, 0.1) is 0 Å². The number of fused-ring (bicyclic) bond motifs is 1. The van der Waals surface area contributed by atoms with Crippen LogP contribution in [-0.4, -0.2) is 27.1 Å². The van der Waals surface area contributed by atoms with Crippen molar-refractivity contribution in [3.8, 4) is 5.69 Å². The zero-order valence-electron chi connectivity index (χ0n) is 12.0. The van der Waals surface area contributed by atoms with Crippen LogP contribution in [0.15, 0.2) is 54.2 Å². The maximum absolute atomic E-state index is 12.7. The van der Waals surface area contributed by atoms with E-state index in [0.29, 0.717) is 12.1 Å². The predicted molar refractivity (Wildman–Crippen MR) is 86.3 cm³/mol. The molecule has 4 nitrogen and oxygen atoms in total. The molecular formula is C17H15N3OS. The third kappa shape index (κ3) is 2.33. The fraction of sp³-hybridized carbons (Fsp3) is 0.176. The minimum absolute atomic E-state index is 0.0547. The van der Waals surface area contributed by atoms with E-state index in [9.17, 15) is 4.79 Å². The van der Waals surface area contributed by atoms with Crippen molar-refractivity contribution >= 4 is 17.2 Å². The average molecular weight is 309 g/mol. The van der Waals surface area contributed by atoms with Gasteiger partial charge in [-0.2, -0.15) is 5.10 Å². The molecule has 110 valence electrons. The third-order valence-electron chi connectivity index (χ3n) is 3.95. The lowest BCUT2D eigenvalue weighted by molar-refractivity contribution is 0.0736. The Morgan fingerprint density at radius 3 is 2.91 bits per heavy atom. The maximum Gasteiger partial charge on any atom is 0.257 e. The molecule has 0 unspecified atom stereocenters. The SMILES string of the molecule is O=C(c1cnn(-c2ccccc2)c1)N1CCc2sccc2C1. The first-order valence-electron chi connectivity index (χ1n) is 7.26. The normalized spacial score (nSPS) is 13.9. The highest BCUT2D eigenvalue weighted by Gasteiger charge is 2.23. The Kier molecular flexibility index (Phi) is 3.27. The van der Waals surface area contributed by atoms with Crippen molar-refractivity contribution in [2.45, 2.75) is 13.0 Å². The van der Waals surface area contributed by atoms with Crippen molar-refractivity contribution in [2.75, 3.05) is 6.54 Å². The van der Waals surface area contributed by atoms with Gasteiger partial charge in [0, 0.05) is 24.2 Å². The summed E-state index contributed by atoms with van der Waals surface area (Å²) in [5.41, 5.74) is 2.88. The molecular weight excluding hydrogens is 294 g/mol. The Balaban J connectivity index is 1.56. The van der Waals surface area contributed by atoms with E-state index in [-0.39, 0.29) is 5.91 Å². The summed E-state index contributed by atoms with van der Waals surface area (Å²) >= 11 is 1.78. The van der Waals surface area contributed by atoms with Gasteiger partial charge in [-0.3, -0.25) is 4.79 Å². The molecule has 0 saturated carbocycles. The number of hydrogen-bond acceptors (Lipinski definition) is 3. The van der Waals surface area contributed by atoms with E-state index in [1.165, 1.54) is 10.4 Å². The van der Waals surface area contributed by atoms with Crippen LogP contribution < -0.4 is 0 Å². The Bertz CT molecular complexity index is 806. The summed E-state index contributed by atoms with van der Waals surface area (Å²) < 4.78 is 1.74. The van der Waals surface area contributed by atoms with Gasteiger partial charge in [0.1, 0.15) is 0 Å². The first-order chi connectivity index (χ1) is 10.8. The standard InChI is InChI=1S/C17H15N3OS/c21-17(19-8-6-16-13(11-19)7-9-22-16)14-10-18-20(12-14)15-4-2-1-3-5-15/h1-5,7,9-10,12H,6,8,11H2. The summed E-state index contributed by atoms with van der Waals surface area (Å²) in [7, 11) is 0. The molecule has 1 aromatic carbocycles. The van der Waals surface area contributed by atoms with E-state index < -0.39 is 0 Å². The van der Waals surface area contributed by atoms with E-state index >= 15 is 0 Å². The second-order valence-electron chi connectivity index (χ2n) is 5.35. The van der Waals surface area contributed by atoms with E-state index in [2.05, 4.69) is 16.5 Å². The van der Waals surface area contributed by atoms with Crippen LogP contribution in [0.5, 0.6) is 0 Å². The van der Waals surface area contributed by atoms with Crippen LogP contribution in [0.4, 0.5) is 0 Å². The highest BCUT2D eigenvalue weighted by atomic mass is 32.1. The highest BCUT2D eigenvalue weighted by Crippen LogP contribution is 2.25. The highest BCUT2D eigenvalue weighted by molar-refractivity contribution is 7.10. The van der Waals surface area contributed by atoms with Crippen molar-refractivity contribution in [2.24, 2.45) is 0 Å². The summed E-state index contributed by atoms with van der Waals surface area (Å²) in [4.78, 5) is 16.0. The molecule has 2 aromatic heterocycles. The van der Waals surface area contributed by atoms with E-state index in [0.717, 1.165) is 18.7 Å². The first-order valence-corrected chi connectivity index (χ1v) is 8.14. The molecule has 1 aliphatic heterocycles. The fourth-order valence-corrected chi connectivity index (χ4v) is 3.65. The quantitative estimate of drug-likeness (QED) is 0.729. The number of rotatable bonds is 2. The summed E-state index contributed by atoms with van der Waals surface area (Å²) in [6.45, 7) is 1.48. The van der Waals surface area contributed by atoms with Gasteiger partial charge in [0.2, 0.25) is 0 Å². The van der Waals surface area contributed by atoms with Crippen molar-refractivity contribution in [3.63, 3.8) is 0 Å². The second-order valence-corrected chi connectivity index (χ2v) is 6.36. The summed E-state index contributed by atoms with van der Waals surface area (Å²) in [5.74, 6) is 0.0547. The predicted octanol–water partition coefficient (Wildman–Crippen LogP) is 3.13. The topological polar surface area (TPSA) is 38.1 Å². The summed E-state index contributed by atoms with van der Waals surface area (Å²) in [6, 6.07) is 11.9. The van der Waals surface area contributed by atoms with Gasteiger partial charge in [0.15, 0.2) is 0 Å². The van der Waals surface area contributed by atoms with Gasteiger partial charge in [-0.15, -0.1) is 11.3 Å². The molecule has 3 heterocycles. The van der Waals surface area contributed by atoms with Gasteiger partial charge in [-0.1, -0.05) is 18.2 Å². The van der Waals surface area contributed by atoms with Gasteiger partial charge >= 0.3 is 0 Å². The number of aromatic nitrogens is 2. The lowest BCUT2D eigenvalue weighted by Gasteiger charge is -2.26. The first kappa shape index (κ1) is 13.3. The van der Waals surface area contributed by atoms with Gasteiger partial charge in [0.25, 0.3) is 5.91 Å². The van der Waals surface area contributed by atoms with Crippen molar-refractivity contribution in [3.05, 3.63) is 70.2 Å². The molecule has 22 heavy (non-hydrogen) atoms. The molecule has 0 saturated heterocycles. The van der Waals surface area contributed by atoms with Crippen LogP contribution in [0.25, 0.3) is 5.69 Å². The molecule has 0 radical (unpaired) electrons. The molecule has 1 aliphatic rings. The number of carbonyl (C=O) groups excluding carboxylic acids is 1. The smallest absolute Gasteiger partial charge is 0.257 e. The number of carbonyl (C=O) groups is 1. The minimum Gasteiger partial charge on any atom is -0.334 e. The van der Waals surface area contributed by atoms with Crippen LogP contribution in [0.2, 0.25) is 0 Å². The van der Waals surface area contributed by atoms with Crippen molar-refractivity contribution in [1.29, 1.82) is 0 Å². The van der Waals surface area contributed by atoms with Gasteiger partial charge in [-0.25, -0.2) is 4.68 Å². The number of thiophene rings is 1. The number of hydrogen-bond donors (Lipinski definition) is 0. The van der Waals surface area contributed by atoms with Crippen molar-refractivity contribution < 1.29 is 4.79 Å². The molecule has 0 fully saturated rings. The fourth-order valence-electron chi connectivity index (χ4n) is 2.76. The van der Waals surface area contributed by atoms with Crippen LogP contribution in [-0.2, 0) is 13.0 Å². The number of benzene rings is 1. The number of nitrogens with zero attached hydrogens (tertiary/aromatic N) is 3. The lowest BCUT2D eigenvalue weighted by Crippen LogP contribution is -2.35. The van der Waals surface area contributed by atoms with Crippen LogP contribution >= 0.6 is 11.3 Å². The molecule has 0 aliphatic carbocycles. The van der Waals surface area contributed by atoms with E-state index in [1.54, 1.807) is 28.4 Å². The van der Waals surface area contributed by atoms with Gasteiger partial charge < -0.3 is 4.90 Å². The Morgan fingerprint density at radius 2 is 2.05 bits per heavy atom. The second kappa shape index (κ2) is 5.42. The largest absolute Gasteiger partial charge is 0.334 e. The summed E-state index contributed by atoms with van der Waals surface area (Å²) in [6.07, 6.45) is 4.41. The average Bonchev–Trinajstić information content (AvgIpc) is 3.23. The minimum atomic E-state index is 0.0547. The van der Waals surface area contributed by atoms with Crippen LogP contribution in [0.1, 0.15) is 20.8 Å². The van der Waals surface area contributed by atoms with Gasteiger partial charge in [-0.05, 0) is 35.6 Å². The molecule has 0 N–H and O–H groups in total. The van der Waals surface area contributed by atoms with Crippen LogP contribution in [0.3, 0.4) is 0 Å². The molecule has 0 spiro atoms. The number of amides is 1. The molecule has 3 aromatic rings. The molecule has 0 bridgehead atoms. The molecule has 0 atom stereocenters. The van der Waals surface area contributed by atoms with Crippen molar-refractivity contribution in [1.82, 2.24) is 14.7 Å². The third-order valence-corrected chi connectivity index (χ3v) is 4.97. The molecule has 4 rings (SSSR count). The Morgan fingerprint density at radius 1 is 1.18 bits per heavy atom. The zero-order chi connectivity index (χ0) is 14.9. The Labute approximate surface area is 132 Å². The molecule has 5 heteroatoms. The van der Waals surface area contributed by atoms with Gasteiger partial charge in [0.05, 0.1) is 17.4 Å². The maximum atomic E-state index is 12.7. The summed E-state index contributed by atoms with van der Waals surface area (Å²) in [5, 5.41) is 6.41. The van der Waals surface area contributed by atoms with E-state index in [4.69, 9.17) is 0 Å². The number of para-hydroxylation sites is 1. The monoisotopic (exact) mass is 309 g/mol. The zero-order valence-corrected chi connectivity index (χ0v) is 12.8.